The summed E-state index contributed by atoms with van der Waals surface area (Å²) in [6.45, 7) is -0.220. The van der Waals surface area contributed by atoms with Gasteiger partial charge in [-0.05, 0) is 48.8 Å². The molecule has 2 unspecified atom stereocenters. The second-order valence-electron chi connectivity index (χ2n) is 7.04. The highest BCUT2D eigenvalue weighted by Gasteiger charge is 2.28. The fraction of sp³-hybridized carbons (Fsp3) is 0.526. The molecule has 2 atom stereocenters. The number of carbonyl (C=O) groups excluding carboxylic acids is 1. The van der Waals surface area contributed by atoms with E-state index in [4.69, 9.17) is 5.73 Å². The van der Waals surface area contributed by atoms with Crippen molar-refractivity contribution >= 4 is 32.7 Å². The van der Waals surface area contributed by atoms with Crippen molar-refractivity contribution < 1.29 is 15.0 Å². The Labute approximate surface area is 155 Å². The highest BCUT2D eigenvalue weighted by molar-refractivity contribution is 9.10. The fourth-order valence-electron chi connectivity index (χ4n) is 4.19. The Morgan fingerprint density at radius 3 is 2.76 bits per heavy atom. The minimum absolute atomic E-state index is 0.110. The van der Waals surface area contributed by atoms with Crippen molar-refractivity contribution in [3.8, 4) is 0 Å². The third-order valence-electron chi connectivity index (χ3n) is 5.36. The topological polar surface area (TPSA) is 88.5 Å². The van der Waals surface area contributed by atoms with Crippen LogP contribution in [0.25, 0.3) is 10.9 Å². The first-order valence-electron chi connectivity index (χ1n) is 8.84. The summed E-state index contributed by atoms with van der Waals surface area (Å²) in [7, 11) is 0. The van der Waals surface area contributed by atoms with Crippen LogP contribution in [-0.4, -0.2) is 33.9 Å². The van der Waals surface area contributed by atoms with E-state index in [1.54, 1.807) is 0 Å². The first-order valence-corrected chi connectivity index (χ1v) is 9.63. The van der Waals surface area contributed by atoms with Crippen LogP contribution in [0.1, 0.15) is 49.6 Å². The van der Waals surface area contributed by atoms with Crippen LogP contribution in [0.4, 0.5) is 0 Å². The first kappa shape index (κ1) is 18.4. The highest BCUT2D eigenvalue weighted by Crippen LogP contribution is 2.43. The average molecular weight is 409 g/mol. The molecule has 1 aliphatic carbocycles. The number of halogens is 1. The molecule has 1 aromatic heterocycles. The molecule has 3 rings (SSSR count). The van der Waals surface area contributed by atoms with E-state index in [9.17, 15) is 15.0 Å². The molecule has 136 valence electrons. The van der Waals surface area contributed by atoms with Crippen molar-refractivity contribution in [2.24, 2.45) is 11.7 Å². The van der Waals surface area contributed by atoms with E-state index in [-0.39, 0.29) is 25.2 Å². The maximum absolute atomic E-state index is 11.3. The van der Waals surface area contributed by atoms with Gasteiger partial charge < -0.3 is 20.5 Å². The zero-order chi connectivity index (χ0) is 18.0. The lowest BCUT2D eigenvalue weighted by Crippen LogP contribution is -2.21. The number of aliphatic hydroxyl groups is 2. The molecule has 5 nitrogen and oxygen atoms in total. The van der Waals surface area contributed by atoms with Crippen LogP contribution in [0.15, 0.2) is 28.9 Å². The summed E-state index contributed by atoms with van der Waals surface area (Å²) in [5, 5.41) is 20.4. The van der Waals surface area contributed by atoms with Gasteiger partial charge in [0.05, 0.1) is 19.3 Å². The molecule has 0 spiro atoms. The van der Waals surface area contributed by atoms with Crippen LogP contribution < -0.4 is 5.73 Å². The van der Waals surface area contributed by atoms with Crippen LogP contribution in [-0.2, 0) is 4.79 Å². The molecule has 1 amide bonds. The van der Waals surface area contributed by atoms with Crippen molar-refractivity contribution in [3.05, 3.63) is 34.4 Å². The molecular formula is C19H25BrN2O3. The van der Waals surface area contributed by atoms with Crippen molar-refractivity contribution in [1.82, 2.24) is 4.57 Å². The third-order valence-corrected chi connectivity index (χ3v) is 6.02. The molecule has 1 aliphatic rings. The normalized spacial score (nSPS) is 21.1. The number of rotatable bonds is 6. The molecule has 1 fully saturated rings. The number of nitrogens with two attached hydrogens (primary N) is 1. The van der Waals surface area contributed by atoms with E-state index < -0.39 is 0 Å². The van der Waals surface area contributed by atoms with Crippen molar-refractivity contribution in [1.29, 1.82) is 0 Å². The predicted octanol–water partition coefficient (Wildman–Crippen LogP) is 3.08. The van der Waals surface area contributed by atoms with E-state index in [1.165, 1.54) is 5.56 Å². The molecule has 0 aliphatic heterocycles. The number of nitrogens with zero attached hydrogens (tertiary/aromatic N) is 1. The number of hydrogen-bond donors (Lipinski definition) is 3. The van der Waals surface area contributed by atoms with Crippen LogP contribution in [0.3, 0.4) is 0 Å². The van der Waals surface area contributed by atoms with Gasteiger partial charge in [0.25, 0.3) is 0 Å². The van der Waals surface area contributed by atoms with Crippen LogP contribution in [0.5, 0.6) is 0 Å². The maximum Gasteiger partial charge on any atom is 0.217 e. The lowest BCUT2D eigenvalue weighted by Gasteiger charge is -2.28. The zero-order valence-corrected chi connectivity index (χ0v) is 15.8. The summed E-state index contributed by atoms with van der Waals surface area (Å²) in [6.07, 6.45) is 6.69. The molecule has 2 aromatic rings. The van der Waals surface area contributed by atoms with Gasteiger partial charge in [-0.2, -0.15) is 0 Å². The number of hydrogen-bond acceptors (Lipinski definition) is 3. The Kier molecular flexibility index (Phi) is 5.81. The van der Waals surface area contributed by atoms with Gasteiger partial charge in [-0.1, -0.05) is 28.4 Å². The molecule has 4 N–H and O–H groups in total. The van der Waals surface area contributed by atoms with E-state index >= 15 is 0 Å². The fourth-order valence-corrected chi connectivity index (χ4v) is 4.77. The first-order chi connectivity index (χ1) is 12.0. The van der Waals surface area contributed by atoms with Gasteiger partial charge in [0.2, 0.25) is 5.91 Å². The van der Waals surface area contributed by atoms with Gasteiger partial charge >= 0.3 is 0 Å². The van der Waals surface area contributed by atoms with Gasteiger partial charge in [0.15, 0.2) is 0 Å². The monoisotopic (exact) mass is 408 g/mol. The number of amides is 1. The second kappa shape index (κ2) is 7.89. The molecule has 0 saturated heterocycles. The molecule has 1 aromatic carbocycles. The van der Waals surface area contributed by atoms with Crippen LogP contribution in [0, 0.1) is 5.92 Å². The number of fused-ring (bicyclic) bond motifs is 1. The highest BCUT2D eigenvalue weighted by atomic mass is 79.9. The summed E-state index contributed by atoms with van der Waals surface area (Å²) < 4.78 is 3.00. The molecule has 1 saturated carbocycles. The molecule has 1 heterocycles. The summed E-state index contributed by atoms with van der Waals surface area (Å²) >= 11 is 3.66. The minimum atomic E-state index is -0.351. The van der Waals surface area contributed by atoms with Crippen molar-refractivity contribution in [2.45, 2.75) is 44.1 Å². The Morgan fingerprint density at radius 2 is 2.08 bits per heavy atom. The summed E-state index contributed by atoms with van der Waals surface area (Å²) in [5.41, 5.74) is 7.63. The number of benzene rings is 1. The Balaban J connectivity index is 2.02. The summed E-state index contributed by atoms with van der Waals surface area (Å²) in [4.78, 5) is 11.3. The number of carbonyl (C=O) groups is 1. The van der Waals surface area contributed by atoms with Crippen molar-refractivity contribution in [2.75, 3.05) is 13.2 Å². The molecule has 6 heteroatoms. The summed E-state index contributed by atoms with van der Waals surface area (Å²) in [6, 6.07) is 5.66. The molecule has 25 heavy (non-hydrogen) atoms. The summed E-state index contributed by atoms with van der Waals surface area (Å²) in [5.74, 6) is 0.470. The largest absolute Gasteiger partial charge is 0.394 e. The van der Waals surface area contributed by atoms with Gasteiger partial charge in [-0.3, -0.25) is 4.79 Å². The SMILES string of the molecule is NC(=O)CC1CCCC(c2cn(C(CO)CO)c3cccc(Br)c23)C1. The predicted molar refractivity (Wildman–Crippen MR) is 101 cm³/mol. The van der Waals surface area contributed by atoms with E-state index in [0.29, 0.717) is 18.3 Å². The smallest absolute Gasteiger partial charge is 0.217 e. The van der Waals surface area contributed by atoms with E-state index in [1.807, 2.05) is 22.8 Å². The average Bonchev–Trinajstić information content (AvgIpc) is 2.97. The minimum Gasteiger partial charge on any atom is -0.394 e. The van der Waals surface area contributed by atoms with E-state index in [0.717, 1.165) is 41.1 Å². The lowest BCUT2D eigenvalue weighted by atomic mass is 9.76. The number of aromatic nitrogens is 1. The third kappa shape index (κ3) is 3.76. The Bertz CT molecular complexity index is 754. The van der Waals surface area contributed by atoms with Crippen LogP contribution >= 0.6 is 15.9 Å². The van der Waals surface area contributed by atoms with Gasteiger partial charge in [-0.15, -0.1) is 0 Å². The van der Waals surface area contributed by atoms with Gasteiger partial charge in [-0.25, -0.2) is 0 Å². The standard InChI is InChI=1S/C19H25BrN2O3/c20-16-5-2-6-17-19(16)15(9-22(17)14(10-23)11-24)13-4-1-3-12(7-13)8-18(21)25/h2,5-6,9,12-14,23-24H,1,3-4,7-8,10-11H2,(H2,21,25). The number of aliphatic hydroxyl groups excluding tert-OH is 2. The quantitative estimate of drug-likeness (QED) is 0.685. The van der Waals surface area contributed by atoms with Gasteiger partial charge in [0.1, 0.15) is 0 Å². The Hall–Kier alpha value is -1.37. The van der Waals surface area contributed by atoms with Crippen LogP contribution in [0.2, 0.25) is 0 Å². The molecule has 0 bridgehead atoms. The van der Waals surface area contributed by atoms with E-state index in [2.05, 4.69) is 22.1 Å². The maximum atomic E-state index is 11.3. The molecular weight excluding hydrogens is 384 g/mol. The number of primary amides is 1. The molecule has 0 radical (unpaired) electrons. The Morgan fingerprint density at radius 1 is 1.32 bits per heavy atom. The van der Waals surface area contributed by atoms with Gasteiger partial charge in [0, 0.05) is 28.0 Å². The lowest BCUT2D eigenvalue weighted by molar-refractivity contribution is -0.119. The second-order valence-corrected chi connectivity index (χ2v) is 7.90. The van der Waals surface area contributed by atoms with Crippen molar-refractivity contribution in [3.63, 3.8) is 0 Å². The zero-order valence-electron chi connectivity index (χ0n) is 14.2.